The largest absolute Gasteiger partial charge is 0.445 e. The molecule has 0 aliphatic heterocycles. The second kappa shape index (κ2) is 18.1. The van der Waals surface area contributed by atoms with Crippen LogP contribution in [0.15, 0.2) is 78.9 Å². The van der Waals surface area contributed by atoms with Crippen molar-refractivity contribution in [2.24, 2.45) is 11.8 Å². The first-order chi connectivity index (χ1) is 25.8. The van der Waals surface area contributed by atoms with Gasteiger partial charge in [0.05, 0.1) is 43.5 Å². The predicted octanol–water partition coefficient (Wildman–Crippen LogP) is 11.4. The summed E-state index contributed by atoms with van der Waals surface area (Å²) in [7, 11) is -2.43. The van der Waals surface area contributed by atoms with Gasteiger partial charge in [0, 0.05) is 21.1 Å². The van der Waals surface area contributed by atoms with Crippen molar-refractivity contribution in [1.82, 2.24) is 14.3 Å². The molecule has 0 bridgehead atoms. The highest BCUT2D eigenvalue weighted by atomic mass is 35.5. The monoisotopic (exact) mass is 829 g/mol. The number of nitrogens with one attached hydrogen (secondary N) is 2. The van der Waals surface area contributed by atoms with Crippen molar-refractivity contribution in [2.75, 3.05) is 0 Å². The fourth-order valence-corrected chi connectivity index (χ4v) is 10.4. The zero-order chi connectivity index (χ0) is 40.2. The summed E-state index contributed by atoms with van der Waals surface area (Å²) in [5.41, 5.74) is 2.20. The summed E-state index contributed by atoms with van der Waals surface area (Å²) in [5, 5.41) is 1.21. The molecule has 0 saturated heterocycles. The third-order valence-electron chi connectivity index (χ3n) is 11.3. The molecule has 4 atom stereocenters. The first-order valence-electron chi connectivity index (χ1n) is 19.7. The van der Waals surface area contributed by atoms with Crippen LogP contribution in [0.3, 0.4) is 0 Å². The van der Waals surface area contributed by atoms with Gasteiger partial charge in [-0.15, -0.1) is 0 Å². The summed E-state index contributed by atoms with van der Waals surface area (Å²) < 4.78 is 39.1. The van der Waals surface area contributed by atoms with Crippen LogP contribution in [0.2, 0.25) is 10.0 Å². The molecule has 2 aliphatic carbocycles. The Balaban J connectivity index is 1.58. The van der Waals surface area contributed by atoms with Gasteiger partial charge in [-0.1, -0.05) is 77.8 Å². The van der Waals surface area contributed by atoms with E-state index in [9.17, 15) is 8.42 Å². The highest BCUT2D eigenvalue weighted by molar-refractivity contribution is 7.84. The number of benzene rings is 3. The number of amides is 1. The summed E-state index contributed by atoms with van der Waals surface area (Å²) in [6, 6.07) is 24.8. The number of hydrogen-bond donors (Lipinski definition) is 2. The Hall–Kier alpha value is -2.27. The van der Waals surface area contributed by atoms with Crippen LogP contribution in [0.25, 0.3) is 0 Å². The molecule has 2 fully saturated rings. The molecule has 11 heteroatoms. The molecule has 0 radical (unpaired) electrons. The number of ether oxygens (including phenoxy) is 1. The van der Waals surface area contributed by atoms with Gasteiger partial charge in [-0.3, -0.25) is 4.90 Å². The van der Waals surface area contributed by atoms with Gasteiger partial charge in [-0.2, -0.15) is 0 Å². The Bertz CT molecular complexity index is 1690. The average molecular weight is 831 g/mol. The molecule has 302 valence electrons. The van der Waals surface area contributed by atoms with Crippen LogP contribution in [0.1, 0.15) is 136 Å². The van der Waals surface area contributed by atoms with E-state index < -0.39 is 22.0 Å². The van der Waals surface area contributed by atoms with Crippen molar-refractivity contribution in [2.45, 2.75) is 146 Å². The zero-order valence-corrected chi connectivity index (χ0v) is 37.0. The molecule has 0 heterocycles. The minimum absolute atomic E-state index is 0.0621. The van der Waals surface area contributed by atoms with Crippen LogP contribution in [0, 0.1) is 11.8 Å². The number of halogens is 2. The van der Waals surface area contributed by atoms with Crippen LogP contribution in [0.5, 0.6) is 0 Å². The molecule has 7 nitrogen and oxygen atoms in total. The van der Waals surface area contributed by atoms with Gasteiger partial charge in [0.1, 0.15) is 6.61 Å². The van der Waals surface area contributed by atoms with E-state index >= 15 is 4.79 Å². The lowest BCUT2D eigenvalue weighted by atomic mass is 9.71. The molecule has 55 heavy (non-hydrogen) atoms. The molecule has 3 aromatic rings. The van der Waals surface area contributed by atoms with E-state index in [2.05, 4.69) is 35.4 Å². The van der Waals surface area contributed by atoms with Crippen molar-refractivity contribution in [3.8, 4) is 0 Å². The number of carbonyl (C=O) groups excluding carboxylic acids is 1. The quantitative estimate of drug-likeness (QED) is 0.190. The molecule has 2 N–H and O–H groups in total. The highest BCUT2D eigenvalue weighted by Gasteiger charge is 2.47. The lowest BCUT2D eigenvalue weighted by molar-refractivity contribution is 0.00809. The Kier molecular flexibility index (Phi) is 14.4. The molecule has 5 rings (SSSR count). The smallest absolute Gasteiger partial charge is 0.411 e. The fraction of sp³-hybridized carbons (Fsp3) is 0.568. The van der Waals surface area contributed by atoms with Gasteiger partial charge in [-0.25, -0.2) is 22.7 Å². The third-order valence-corrected chi connectivity index (χ3v) is 15.4. The summed E-state index contributed by atoms with van der Waals surface area (Å²) in [6.07, 6.45) is 6.01. The summed E-state index contributed by atoms with van der Waals surface area (Å²) in [6.45, 7) is 16.4. The summed E-state index contributed by atoms with van der Waals surface area (Å²) >= 11 is 13.5. The van der Waals surface area contributed by atoms with Crippen LogP contribution in [-0.4, -0.2) is 40.0 Å². The van der Waals surface area contributed by atoms with Crippen LogP contribution >= 0.6 is 23.2 Å². The first-order valence-corrected chi connectivity index (χ1v) is 22.7. The van der Waals surface area contributed by atoms with Crippen LogP contribution < -0.4 is 9.44 Å². The van der Waals surface area contributed by atoms with E-state index in [1.165, 1.54) is 0 Å². The molecule has 3 aromatic carbocycles. The molecular weight excluding hydrogens is 770 g/mol. The van der Waals surface area contributed by atoms with E-state index in [-0.39, 0.29) is 57.2 Å². The number of carbonyl (C=O) groups is 1. The second-order valence-electron chi connectivity index (χ2n) is 18.2. The van der Waals surface area contributed by atoms with Crippen LogP contribution in [-0.2, 0) is 33.3 Å². The standard InChI is InChI=1S/C44H61Cl2N3O4S2/c1-41(2,3)54(51)47-43(7)24-20-32(21-25-43)38(34-16-12-18-36(45)28-34)49(40(50)53-30-31-14-10-9-11-15-31)39(35-17-13-19-37(46)29-35)33-22-26-44(8,27-23-33)48-55(52)42(4,5)6/h9-19,28-29,32-33,38-39,47-48H,20-27,30H2,1-8H3. The normalized spacial score (nSPS) is 25.7. The molecule has 0 spiro atoms. The predicted molar refractivity (Wildman–Crippen MR) is 230 cm³/mol. The van der Waals surface area contributed by atoms with Gasteiger partial charge >= 0.3 is 6.09 Å². The topological polar surface area (TPSA) is 87.7 Å². The van der Waals surface area contributed by atoms with E-state index in [0.717, 1.165) is 68.1 Å². The number of nitrogens with zero attached hydrogens (tertiary/aromatic N) is 1. The van der Waals surface area contributed by atoms with E-state index in [0.29, 0.717) is 10.0 Å². The third kappa shape index (κ3) is 11.7. The van der Waals surface area contributed by atoms with E-state index in [1.807, 2.05) is 113 Å². The number of rotatable bonds is 12. The van der Waals surface area contributed by atoms with Gasteiger partial charge in [0.15, 0.2) is 0 Å². The maximum atomic E-state index is 15.1. The lowest BCUT2D eigenvalue weighted by Gasteiger charge is -2.49. The van der Waals surface area contributed by atoms with Crippen LogP contribution in [0.4, 0.5) is 4.79 Å². The molecular formula is C44H61Cl2N3O4S2. The fourth-order valence-electron chi connectivity index (χ4n) is 8.04. The van der Waals surface area contributed by atoms with E-state index in [4.69, 9.17) is 27.9 Å². The van der Waals surface area contributed by atoms with Gasteiger partial charge in [-0.05, 0) is 160 Å². The maximum absolute atomic E-state index is 15.1. The first kappa shape index (κ1) is 43.8. The molecule has 1 amide bonds. The van der Waals surface area contributed by atoms with Gasteiger partial charge in [0.25, 0.3) is 0 Å². The molecule has 2 saturated carbocycles. The molecule has 2 aliphatic rings. The van der Waals surface area contributed by atoms with Gasteiger partial charge < -0.3 is 4.74 Å². The molecule has 0 aromatic heterocycles. The summed E-state index contributed by atoms with van der Waals surface area (Å²) in [5.74, 6) is 0.124. The Morgan fingerprint density at radius 3 is 1.47 bits per heavy atom. The minimum Gasteiger partial charge on any atom is -0.445 e. The maximum Gasteiger partial charge on any atom is 0.411 e. The van der Waals surface area contributed by atoms with Crippen molar-refractivity contribution in [3.63, 3.8) is 0 Å². The zero-order valence-electron chi connectivity index (χ0n) is 33.8. The molecule has 4 unspecified atom stereocenters. The van der Waals surface area contributed by atoms with Crippen molar-refractivity contribution in [3.05, 3.63) is 106 Å². The number of hydrogen-bond acceptors (Lipinski definition) is 4. The van der Waals surface area contributed by atoms with Gasteiger partial charge in [0.2, 0.25) is 0 Å². The Labute approximate surface area is 345 Å². The Morgan fingerprint density at radius 1 is 0.709 bits per heavy atom. The SMILES string of the molecule is CC1(NS(=O)C(C)(C)C)CCC(C(c2cccc(Cl)c2)N(C(=O)OCc2ccccc2)C(c2cccc(Cl)c2)C2CCC(C)(NS(=O)C(C)(C)C)CC2)CC1. The second-order valence-corrected chi connectivity index (χ2v) is 23.0. The minimum atomic E-state index is -1.21. The Morgan fingerprint density at radius 2 is 1.11 bits per heavy atom. The summed E-state index contributed by atoms with van der Waals surface area (Å²) in [4.78, 5) is 17.1. The van der Waals surface area contributed by atoms with Crippen molar-refractivity contribution < 1.29 is 17.9 Å². The van der Waals surface area contributed by atoms with Crippen molar-refractivity contribution in [1.29, 1.82) is 0 Å². The van der Waals surface area contributed by atoms with E-state index in [1.54, 1.807) is 0 Å². The average Bonchev–Trinajstić information content (AvgIpc) is 3.11. The highest BCUT2D eigenvalue weighted by Crippen LogP contribution is 2.50. The lowest BCUT2D eigenvalue weighted by Crippen LogP contribution is -2.53. The van der Waals surface area contributed by atoms with Crippen molar-refractivity contribution >= 4 is 51.3 Å².